The summed E-state index contributed by atoms with van der Waals surface area (Å²) in [5.74, 6) is -1.50. The van der Waals surface area contributed by atoms with Gasteiger partial charge in [-0.15, -0.1) is 0 Å². The Kier molecular flexibility index (Phi) is 4.00. The van der Waals surface area contributed by atoms with Crippen LogP contribution >= 0.6 is 11.6 Å². The fourth-order valence-electron chi connectivity index (χ4n) is 2.58. The van der Waals surface area contributed by atoms with Crippen molar-refractivity contribution >= 4 is 17.5 Å². The minimum absolute atomic E-state index is 0.0491. The van der Waals surface area contributed by atoms with Crippen molar-refractivity contribution in [3.63, 3.8) is 0 Å². The lowest BCUT2D eigenvalue weighted by Crippen LogP contribution is -2.48. The van der Waals surface area contributed by atoms with E-state index in [0.29, 0.717) is 0 Å². The van der Waals surface area contributed by atoms with Gasteiger partial charge in [0.05, 0.1) is 10.7 Å². The highest BCUT2D eigenvalue weighted by Crippen LogP contribution is 2.27. The molecule has 0 bridgehead atoms. The number of nitrogens with zero attached hydrogens (tertiary/aromatic N) is 2. The van der Waals surface area contributed by atoms with Crippen LogP contribution in [0.15, 0.2) is 36.5 Å². The van der Waals surface area contributed by atoms with E-state index in [9.17, 15) is 9.18 Å². The number of halogens is 3. The maximum Gasteiger partial charge on any atom is 0.253 e. The molecule has 0 aliphatic carbocycles. The van der Waals surface area contributed by atoms with Crippen molar-refractivity contribution in [1.82, 2.24) is 15.2 Å². The number of benzene rings is 1. The molecule has 1 aromatic heterocycles. The van der Waals surface area contributed by atoms with Gasteiger partial charge in [-0.2, -0.15) is 0 Å². The fourth-order valence-corrected chi connectivity index (χ4v) is 2.76. The van der Waals surface area contributed by atoms with Crippen LogP contribution in [0.2, 0.25) is 5.02 Å². The van der Waals surface area contributed by atoms with E-state index in [1.165, 1.54) is 13.0 Å². The molecule has 1 aliphatic heterocycles. The van der Waals surface area contributed by atoms with Gasteiger partial charge in [0.15, 0.2) is 0 Å². The average molecular weight is 416 g/mol. The third-order valence-corrected chi connectivity index (χ3v) is 4.52. The maximum atomic E-state index is 16.1. The molecule has 2 aromatic rings. The lowest BCUT2D eigenvalue weighted by atomic mass is 9.92. The van der Waals surface area contributed by atoms with Gasteiger partial charge in [-0.05, 0) is 36.2 Å². The van der Waals surface area contributed by atoms with Crippen molar-refractivity contribution in [2.24, 2.45) is 0 Å². The number of aromatic nitrogens is 1. The second-order valence-corrected chi connectivity index (χ2v) is 6.55. The Morgan fingerprint density at radius 2 is 2.25 bits per heavy atom. The highest BCUT2D eigenvalue weighted by Gasteiger charge is 2.35. The quantitative estimate of drug-likeness (QED) is 0.770. The molecule has 1 aliphatic rings. The number of hydrogen-bond acceptors (Lipinski definition) is 3. The first-order valence-corrected chi connectivity index (χ1v) is 8.88. The molecule has 1 fully saturated rings. The van der Waals surface area contributed by atoms with Gasteiger partial charge in [0, 0.05) is 61.6 Å². The first kappa shape index (κ1) is 12.5. The summed E-state index contributed by atoms with van der Waals surface area (Å²) in [7, 11) is 0. The van der Waals surface area contributed by atoms with Crippen LogP contribution in [0.25, 0.3) is 0 Å². The molecule has 28 heavy (non-hydrogen) atoms. The summed E-state index contributed by atoms with van der Waals surface area (Å²) in [6.07, 6.45) is -4.42. The number of hydrogen-bond donors (Lipinski definition) is 1. The Balaban J connectivity index is 1.81. The van der Waals surface area contributed by atoms with E-state index in [1.54, 1.807) is 0 Å². The third kappa shape index (κ3) is 5.06. The van der Waals surface area contributed by atoms with Crippen molar-refractivity contribution in [2.45, 2.75) is 38.3 Å². The highest BCUT2D eigenvalue weighted by atomic mass is 35.5. The topological polar surface area (TPSA) is 45.2 Å². The smallest absolute Gasteiger partial charge is 0.253 e. The average Bonchev–Trinajstić information content (AvgIpc) is 2.75. The molecule has 0 spiro atoms. The molecule has 1 N–H and O–H groups in total. The molecule has 0 saturated carbocycles. The van der Waals surface area contributed by atoms with Crippen molar-refractivity contribution in [2.75, 3.05) is 19.6 Å². The zero-order chi connectivity index (χ0) is 27.3. The lowest BCUT2D eigenvalue weighted by Gasteiger charge is -2.36. The molecule has 1 atom stereocenters. The first-order valence-electron chi connectivity index (χ1n) is 12.5. The van der Waals surface area contributed by atoms with Crippen molar-refractivity contribution in [1.29, 1.82) is 0 Å². The van der Waals surface area contributed by atoms with Crippen LogP contribution in [0.4, 0.5) is 8.78 Å². The number of carbonyl (C=O) groups is 1. The normalized spacial score (nSPS) is 27.2. The number of aryl methyl sites for hydroxylation is 1. The Morgan fingerprint density at radius 3 is 2.89 bits per heavy atom. The summed E-state index contributed by atoms with van der Waals surface area (Å²) >= 11 is 5.70. The number of carbonyl (C=O) groups excluding carboxylic acids is 1. The number of alkyl halides is 1. The predicted molar refractivity (Wildman–Crippen MR) is 106 cm³/mol. The number of nitrogens with one attached hydrogen (secondary N) is 1. The SMILES string of the molecule is [2H]C([2H])(C)c1ccc(C([2H])([2H])NC([2H])([2H])C2(F)CCN(C(=O)c3ccc(F)c(Cl)c3)CC2([2H])[2H])nc1. The molecule has 1 saturated heterocycles. The zero-order valence-electron chi connectivity index (χ0n) is 23.0. The molecule has 0 radical (unpaired) electrons. The van der Waals surface area contributed by atoms with Crippen molar-refractivity contribution in [3.05, 3.63) is 64.2 Å². The van der Waals surface area contributed by atoms with E-state index >= 15 is 4.39 Å². The third-order valence-electron chi connectivity index (χ3n) is 4.23. The van der Waals surface area contributed by atoms with Crippen LogP contribution in [0.1, 0.15) is 52.3 Å². The minimum atomic E-state index is -3.26. The van der Waals surface area contributed by atoms with Crippen LogP contribution < -0.4 is 5.32 Å². The Hall–Kier alpha value is -2.05. The van der Waals surface area contributed by atoms with Gasteiger partial charge in [0.25, 0.3) is 5.91 Å². The van der Waals surface area contributed by atoms with Gasteiger partial charge >= 0.3 is 0 Å². The van der Waals surface area contributed by atoms with Gasteiger partial charge in [0.2, 0.25) is 0 Å². The number of amides is 1. The minimum Gasteiger partial charge on any atom is -0.338 e. The summed E-state index contributed by atoms with van der Waals surface area (Å²) in [4.78, 5) is 17.6. The van der Waals surface area contributed by atoms with E-state index < -0.39 is 62.6 Å². The number of pyridine rings is 1. The summed E-state index contributed by atoms with van der Waals surface area (Å²) in [5.41, 5.74) is -3.51. The van der Waals surface area contributed by atoms with Crippen molar-refractivity contribution < 1.29 is 24.5 Å². The Labute approximate surface area is 180 Å². The van der Waals surface area contributed by atoms with E-state index in [-0.39, 0.29) is 21.8 Å². The molecule has 1 amide bonds. The van der Waals surface area contributed by atoms with Gasteiger partial charge in [-0.25, -0.2) is 8.78 Å². The van der Waals surface area contributed by atoms with E-state index in [0.717, 1.165) is 35.4 Å². The molecule has 150 valence electrons. The molecule has 3 rings (SSSR count). The monoisotopic (exact) mass is 415 g/mol. The molecule has 7 heteroatoms. The van der Waals surface area contributed by atoms with Gasteiger partial charge < -0.3 is 10.2 Å². The van der Waals surface area contributed by atoms with Gasteiger partial charge in [-0.1, -0.05) is 24.6 Å². The standard InChI is InChI=1S/C21H24ClF2N3O/c1-2-15-3-5-17(26-12-15)13-25-14-21(24)7-9-27(10-8-21)20(28)16-4-6-19(23)18(22)11-16/h3-6,11-12,25H,2,7-10,13-14H2,1H3/i2D2,7D2,13D2,14D2. The lowest BCUT2D eigenvalue weighted by molar-refractivity contribution is 0.0434. The molecule has 1 unspecified atom stereocenters. The van der Waals surface area contributed by atoms with E-state index in [4.69, 9.17) is 22.6 Å². The molecule has 1 aromatic carbocycles. The van der Waals surface area contributed by atoms with Gasteiger partial charge in [0.1, 0.15) is 11.5 Å². The van der Waals surface area contributed by atoms with Crippen LogP contribution in [0.3, 0.4) is 0 Å². The predicted octanol–water partition coefficient (Wildman–Crippen LogP) is 4.17. The first-order chi connectivity index (χ1) is 16.3. The van der Waals surface area contributed by atoms with Gasteiger partial charge in [-0.3, -0.25) is 9.78 Å². The van der Waals surface area contributed by atoms with Crippen LogP contribution in [0.5, 0.6) is 0 Å². The largest absolute Gasteiger partial charge is 0.338 e. The second kappa shape index (κ2) is 8.97. The second-order valence-electron chi connectivity index (χ2n) is 6.14. The molecular formula is C21H24ClF2N3O. The summed E-state index contributed by atoms with van der Waals surface area (Å²) in [6.45, 7) is -5.97. The fraction of sp³-hybridized carbons (Fsp3) is 0.429. The number of piperidine rings is 1. The van der Waals surface area contributed by atoms with Crippen LogP contribution in [-0.2, 0) is 12.9 Å². The Morgan fingerprint density at radius 1 is 1.43 bits per heavy atom. The van der Waals surface area contributed by atoms with E-state index in [2.05, 4.69) is 4.98 Å². The Bertz CT molecular complexity index is 1150. The summed E-state index contributed by atoms with van der Waals surface area (Å²) in [6, 6.07) is 5.58. The summed E-state index contributed by atoms with van der Waals surface area (Å²) in [5, 5.41) is 1.58. The van der Waals surface area contributed by atoms with E-state index in [1.807, 2.05) is 5.32 Å². The zero-order valence-corrected chi connectivity index (χ0v) is 15.8. The molecular weight excluding hydrogens is 384 g/mol. The highest BCUT2D eigenvalue weighted by molar-refractivity contribution is 6.31. The van der Waals surface area contributed by atoms with Crippen LogP contribution in [-0.4, -0.2) is 41.0 Å². The maximum absolute atomic E-state index is 16.1. The van der Waals surface area contributed by atoms with Crippen molar-refractivity contribution in [3.8, 4) is 0 Å². The molecule has 4 nitrogen and oxygen atoms in total. The number of likely N-dealkylation sites (tertiary alicyclic amines) is 1. The summed E-state index contributed by atoms with van der Waals surface area (Å²) < 4.78 is 94.3. The molecule has 2 heterocycles. The van der Waals surface area contributed by atoms with Crippen LogP contribution in [0, 0.1) is 5.82 Å². The number of rotatable bonds is 6.